The molecule has 0 spiro atoms. The fourth-order valence-electron chi connectivity index (χ4n) is 1.71. The van der Waals surface area contributed by atoms with Gasteiger partial charge in [-0.25, -0.2) is 0 Å². The molecule has 0 aromatic heterocycles. The maximum atomic E-state index is 11.7. The molecule has 14 heavy (non-hydrogen) atoms. The smallest absolute Gasteiger partial charge is 0.225 e. The highest BCUT2D eigenvalue weighted by Gasteiger charge is 2.35. The molecule has 1 aliphatic rings. The van der Waals surface area contributed by atoms with Crippen molar-refractivity contribution in [1.29, 1.82) is 0 Å². The normalized spacial score (nSPS) is 18.1. The molecule has 0 aromatic rings. The molecule has 0 saturated heterocycles. The van der Waals surface area contributed by atoms with Gasteiger partial charge < -0.3 is 10.6 Å². The summed E-state index contributed by atoms with van der Waals surface area (Å²) >= 11 is 0. The van der Waals surface area contributed by atoms with Crippen LogP contribution in [-0.2, 0) is 4.79 Å². The minimum Gasteiger partial charge on any atom is -0.332 e. The molecular formula is C11H18N2O. The van der Waals surface area contributed by atoms with Crippen molar-refractivity contribution in [1.82, 2.24) is 4.90 Å². The van der Waals surface area contributed by atoms with Gasteiger partial charge in [0.15, 0.2) is 0 Å². The summed E-state index contributed by atoms with van der Waals surface area (Å²) in [5.41, 5.74) is 5.76. The van der Waals surface area contributed by atoms with Gasteiger partial charge in [0.1, 0.15) is 0 Å². The average Bonchev–Trinajstić information content (AvgIpc) is 2.11. The second-order valence-corrected chi connectivity index (χ2v) is 4.00. The van der Waals surface area contributed by atoms with Gasteiger partial charge in [0, 0.05) is 18.5 Å². The summed E-state index contributed by atoms with van der Waals surface area (Å²) in [4.78, 5) is 13.4. The third kappa shape index (κ3) is 2.49. The number of carbonyl (C=O) groups excluding carboxylic acids is 1. The van der Waals surface area contributed by atoms with Crippen LogP contribution in [0.5, 0.6) is 0 Å². The summed E-state index contributed by atoms with van der Waals surface area (Å²) in [6.07, 6.45) is 8.70. The number of carbonyl (C=O) groups is 1. The van der Waals surface area contributed by atoms with E-state index in [0.717, 1.165) is 19.3 Å². The lowest BCUT2D eigenvalue weighted by molar-refractivity contribution is -0.132. The predicted molar refractivity (Wildman–Crippen MR) is 56.5 cm³/mol. The summed E-state index contributed by atoms with van der Waals surface area (Å²) in [5.74, 6) is 2.58. The Morgan fingerprint density at radius 2 is 2.29 bits per heavy atom. The molecule has 2 N–H and O–H groups in total. The van der Waals surface area contributed by atoms with E-state index in [2.05, 4.69) is 5.92 Å². The first kappa shape index (κ1) is 11.1. The maximum Gasteiger partial charge on any atom is 0.225 e. The van der Waals surface area contributed by atoms with Crippen LogP contribution in [0.2, 0.25) is 0 Å². The molecule has 1 rings (SSSR count). The van der Waals surface area contributed by atoms with Crippen LogP contribution in [0.3, 0.4) is 0 Å². The zero-order chi connectivity index (χ0) is 10.6. The van der Waals surface area contributed by atoms with Crippen molar-refractivity contribution in [3.63, 3.8) is 0 Å². The molecule has 0 heterocycles. The van der Waals surface area contributed by atoms with E-state index in [4.69, 9.17) is 12.2 Å². The van der Waals surface area contributed by atoms with E-state index in [1.165, 1.54) is 0 Å². The van der Waals surface area contributed by atoms with Gasteiger partial charge in [0.05, 0.1) is 6.54 Å². The highest BCUT2D eigenvalue weighted by atomic mass is 16.2. The minimum absolute atomic E-state index is 0.0904. The SMILES string of the molecule is C#CCN(CC)C(=O)CC1(N)CCC1. The minimum atomic E-state index is -0.237. The van der Waals surface area contributed by atoms with Crippen LogP contribution in [0.1, 0.15) is 32.6 Å². The fourth-order valence-corrected chi connectivity index (χ4v) is 1.71. The lowest BCUT2D eigenvalue weighted by Gasteiger charge is -2.38. The maximum absolute atomic E-state index is 11.7. The second kappa shape index (κ2) is 4.47. The highest BCUT2D eigenvalue weighted by molar-refractivity contribution is 5.77. The highest BCUT2D eigenvalue weighted by Crippen LogP contribution is 2.32. The van der Waals surface area contributed by atoms with Gasteiger partial charge in [-0.1, -0.05) is 5.92 Å². The number of nitrogens with two attached hydrogens (primary N) is 1. The first-order chi connectivity index (χ1) is 6.61. The van der Waals surface area contributed by atoms with Gasteiger partial charge in [-0.3, -0.25) is 4.79 Å². The monoisotopic (exact) mass is 194 g/mol. The number of nitrogens with zero attached hydrogens (tertiary/aromatic N) is 1. The van der Waals surface area contributed by atoms with Crippen LogP contribution in [0.25, 0.3) is 0 Å². The molecule has 0 aliphatic heterocycles. The Morgan fingerprint density at radius 3 is 2.64 bits per heavy atom. The molecule has 0 radical (unpaired) electrons. The number of amides is 1. The summed E-state index contributed by atoms with van der Waals surface area (Å²) in [7, 11) is 0. The van der Waals surface area contributed by atoms with E-state index < -0.39 is 0 Å². The number of hydrogen-bond acceptors (Lipinski definition) is 2. The molecular weight excluding hydrogens is 176 g/mol. The Kier molecular flexibility index (Phi) is 3.54. The van der Waals surface area contributed by atoms with Crippen molar-refractivity contribution in [2.75, 3.05) is 13.1 Å². The van der Waals surface area contributed by atoms with Crippen molar-refractivity contribution in [2.24, 2.45) is 5.73 Å². The Balaban J connectivity index is 2.43. The van der Waals surface area contributed by atoms with E-state index in [-0.39, 0.29) is 11.4 Å². The Bertz CT molecular complexity index is 251. The van der Waals surface area contributed by atoms with E-state index in [9.17, 15) is 4.79 Å². The summed E-state index contributed by atoms with van der Waals surface area (Å²) in [6.45, 7) is 2.99. The Hall–Kier alpha value is -1.01. The number of hydrogen-bond donors (Lipinski definition) is 1. The molecule has 0 aromatic carbocycles. The van der Waals surface area contributed by atoms with Crippen LogP contribution in [0, 0.1) is 12.3 Å². The first-order valence-corrected chi connectivity index (χ1v) is 5.11. The van der Waals surface area contributed by atoms with Crippen LogP contribution in [0.4, 0.5) is 0 Å². The van der Waals surface area contributed by atoms with E-state index in [1.54, 1.807) is 4.90 Å². The molecule has 1 saturated carbocycles. The molecule has 3 nitrogen and oxygen atoms in total. The van der Waals surface area contributed by atoms with Crippen LogP contribution in [0.15, 0.2) is 0 Å². The zero-order valence-electron chi connectivity index (χ0n) is 8.75. The van der Waals surface area contributed by atoms with E-state index in [0.29, 0.717) is 19.5 Å². The third-order valence-electron chi connectivity index (χ3n) is 2.87. The number of rotatable bonds is 4. The van der Waals surface area contributed by atoms with Gasteiger partial charge in [0.2, 0.25) is 5.91 Å². The van der Waals surface area contributed by atoms with E-state index >= 15 is 0 Å². The van der Waals surface area contributed by atoms with Crippen molar-refractivity contribution in [3.05, 3.63) is 0 Å². The van der Waals surface area contributed by atoms with Gasteiger partial charge in [-0.05, 0) is 26.2 Å². The number of terminal acetylenes is 1. The molecule has 1 amide bonds. The van der Waals surface area contributed by atoms with Gasteiger partial charge in [-0.15, -0.1) is 6.42 Å². The molecule has 78 valence electrons. The molecule has 3 heteroatoms. The molecule has 0 atom stereocenters. The Labute approximate surface area is 85.6 Å². The summed E-state index contributed by atoms with van der Waals surface area (Å²) < 4.78 is 0. The molecule has 0 unspecified atom stereocenters. The van der Waals surface area contributed by atoms with Crippen molar-refractivity contribution in [3.8, 4) is 12.3 Å². The van der Waals surface area contributed by atoms with E-state index in [1.807, 2.05) is 6.92 Å². The topological polar surface area (TPSA) is 46.3 Å². The first-order valence-electron chi connectivity index (χ1n) is 5.11. The molecule has 1 aliphatic carbocycles. The van der Waals surface area contributed by atoms with Crippen molar-refractivity contribution >= 4 is 5.91 Å². The average molecular weight is 194 g/mol. The molecule has 0 bridgehead atoms. The van der Waals surface area contributed by atoms with Crippen LogP contribution >= 0.6 is 0 Å². The van der Waals surface area contributed by atoms with Gasteiger partial charge >= 0.3 is 0 Å². The summed E-state index contributed by atoms with van der Waals surface area (Å²) in [6, 6.07) is 0. The zero-order valence-corrected chi connectivity index (χ0v) is 8.75. The van der Waals surface area contributed by atoms with Crippen molar-refractivity contribution in [2.45, 2.75) is 38.1 Å². The predicted octanol–water partition coefficient (Wildman–Crippen LogP) is 0.740. The van der Waals surface area contributed by atoms with Crippen molar-refractivity contribution < 1.29 is 4.79 Å². The quantitative estimate of drug-likeness (QED) is 0.671. The van der Waals surface area contributed by atoms with Gasteiger partial charge in [-0.2, -0.15) is 0 Å². The van der Waals surface area contributed by atoms with Crippen LogP contribution in [-0.4, -0.2) is 29.4 Å². The second-order valence-electron chi connectivity index (χ2n) is 4.00. The van der Waals surface area contributed by atoms with Crippen LogP contribution < -0.4 is 5.73 Å². The Morgan fingerprint density at radius 1 is 1.64 bits per heavy atom. The molecule has 1 fully saturated rings. The third-order valence-corrected chi connectivity index (χ3v) is 2.87. The summed E-state index contributed by atoms with van der Waals surface area (Å²) in [5, 5.41) is 0. The lowest BCUT2D eigenvalue weighted by Crippen LogP contribution is -2.50. The van der Waals surface area contributed by atoms with Gasteiger partial charge in [0.25, 0.3) is 0 Å². The fraction of sp³-hybridized carbons (Fsp3) is 0.727. The lowest BCUT2D eigenvalue weighted by atomic mass is 9.75. The standard InChI is InChI=1S/C11H18N2O/c1-3-8-13(4-2)10(14)9-11(12)6-5-7-11/h1H,4-9,12H2,2H3. The largest absolute Gasteiger partial charge is 0.332 e.